The summed E-state index contributed by atoms with van der Waals surface area (Å²) in [6, 6.07) is 32.1. The summed E-state index contributed by atoms with van der Waals surface area (Å²) in [6.45, 7) is 0. The van der Waals surface area contributed by atoms with Gasteiger partial charge in [0.1, 0.15) is 17.2 Å². The van der Waals surface area contributed by atoms with Gasteiger partial charge in [0.2, 0.25) is 0 Å². The smallest absolute Gasteiger partial charge is 0.191 e. The van der Waals surface area contributed by atoms with Gasteiger partial charge in [0.25, 0.3) is 0 Å². The fraction of sp³-hybridized carbons (Fsp3) is 0.121. The van der Waals surface area contributed by atoms with Crippen molar-refractivity contribution >= 4 is 22.5 Å². The van der Waals surface area contributed by atoms with Crippen LogP contribution in [0, 0.1) is 0 Å². The van der Waals surface area contributed by atoms with Crippen molar-refractivity contribution in [2.75, 3.05) is 21.3 Å². The molecule has 0 unspecified atom stereocenters. The summed E-state index contributed by atoms with van der Waals surface area (Å²) in [6.07, 6.45) is 0. The molecule has 0 N–H and O–H groups in total. The second-order valence-electron chi connectivity index (χ2n) is 9.12. The van der Waals surface area contributed by atoms with Crippen molar-refractivity contribution in [1.29, 1.82) is 0 Å². The predicted molar refractivity (Wildman–Crippen MR) is 146 cm³/mol. The Hall–Kier alpha value is -4.57. The van der Waals surface area contributed by atoms with E-state index in [1.54, 1.807) is 21.3 Å². The summed E-state index contributed by atoms with van der Waals surface area (Å²) in [4.78, 5) is 14.0. The fourth-order valence-electron chi connectivity index (χ4n) is 5.54. The molecule has 4 aromatic rings. The van der Waals surface area contributed by atoms with Gasteiger partial charge in [0.15, 0.2) is 5.78 Å². The number of carbonyl (C=O) groups excluding carboxylic acids is 1. The highest BCUT2D eigenvalue weighted by atomic mass is 16.5. The Kier molecular flexibility index (Phi) is 5.65. The monoisotopic (exact) mass is 486 g/mol. The molecule has 2 aliphatic rings. The highest BCUT2D eigenvalue weighted by molar-refractivity contribution is 6.36. The molecule has 1 atom stereocenters. The maximum atomic E-state index is 14.0. The quantitative estimate of drug-likeness (QED) is 0.292. The van der Waals surface area contributed by atoms with Crippen molar-refractivity contribution in [1.82, 2.24) is 0 Å². The Morgan fingerprint density at radius 2 is 1.00 bits per heavy atom. The molecule has 0 saturated carbocycles. The highest BCUT2D eigenvalue weighted by Crippen LogP contribution is 2.59. The summed E-state index contributed by atoms with van der Waals surface area (Å²) < 4.78 is 16.3. The van der Waals surface area contributed by atoms with E-state index in [1.807, 2.05) is 54.6 Å². The molecule has 6 rings (SSSR count). The fourth-order valence-corrected chi connectivity index (χ4v) is 5.54. The van der Waals surface area contributed by atoms with Gasteiger partial charge < -0.3 is 14.2 Å². The number of ketones is 1. The molecule has 0 radical (unpaired) electrons. The van der Waals surface area contributed by atoms with Gasteiger partial charge in [0, 0.05) is 17.1 Å². The lowest BCUT2D eigenvalue weighted by molar-refractivity contribution is 0.103. The number of hydrogen-bond donors (Lipinski definition) is 0. The van der Waals surface area contributed by atoms with Crippen LogP contribution < -0.4 is 14.2 Å². The lowest BCUT2D eigenvalue weighted by atomic mass is 9.81. The van der Waals surface area contributed by atoms with E-state index < -0.39 is 0 Å². The maximum Gasteiger partial charge on any atom is 0.191 e. The van der Waals surface area contributed by atoms with Crippen molar-refractivity contribution in [2.45, 2.75) is 5.92 Å². The van der Waals surface area contributed by atoms with Gasteiger partial charge in [-0.15, -0.1) is 0 Å². The van der Waals surface area contributed by atoms with Crippen molar-refractivity contribution < 1.29 is 19.0 Å². The van der Waals surface area contributed by atoms with Crippen molar-refractivity contribution in [3.05, 3.63) is 130 Å². The third-order valence-corrected chi connectivity index (χ3v) is 7.28. The Morgan fingerprint density at radius 1 is 0.514 bits per heavy atom. The first-order chi connectivity index (χ1) is 18.1. The molecule has 182 valence electrons. The van der Waals surface area contributed by atoms with E-state index in [1.165, 1.54) is 0 Å². The lowest BCUT2D eigenvalue weighted by Crippen LogP contribution is -2.10. The van der Waals surface area contributed by atoms with Crippen LogP contribution in [0.3, 0.4) is 0 Å². The first-order valence-corrected chi connectivity index (χ1v) is 12.2. The molecular weight excluding hydrogens is 460 g/mol. The van der Waals surface area contributed by atoms with Crippen LogP contribution in [-0.4, -0.2) is 27.1 Å². The number of rotatable bonds is 6. The Labute approximate surface area is 216 Å². The molecule has 0 saturated heterocycles. The molecule has 4 heteroatoms. The van der Waals surface area contributed by atoms with Crippen LogP contribution in [-0.2, 0) is 0 Å². The standard InChI is InChI=1S/C33H26O4/c1-35-23-14-8-20(9-15-23)28-29(21-10-16-24(36-2)17-11-21)31-26-6-4-5-7-27(26)33(34)32(31)30(28)22-12-18-25(37-3)19-13-22/h4-19,30H,1-3H3/t30-/m1/s1. The molecule has 0 aromatic heterocycles. The topological polar surface area (TPSA) is 44.8 Å². The largest absolute Gasteiger partial charge is 0.497 e. The average Bonchev–Trinajstić information content (AvgIpc) is 3.46. The van der Waals surface area contributed by atoms with Crippen LogP contribution in [0.25, 0.3) is 16.7 Å². The molecule has 2 aliphatic carbocycles. The van der Waals surface area contributed by atoms with E-state index in [0.29, 0.717) is 0 Å². The number of Topliss-reactive ketones (excluding diaryl/α,β-unsaturated/α-hetero) is 1. The first-order valence-electron chi connectivity index (χ1n) is 12.2. The van der Waals surface area contributed by atoms with E-state index in [9.17, 15) is 4.79 Å². The molecule has 4 nitrogen and oxygen atoms in total. The highest BCUT2D eigenvalue weighted by Gasteiger charge is 2.44. The molecule has 0 fully saturated rings. The number of fused-ring (bicyclic) bond motifs is 2. The lowest BCUT2D eigenvalue weighted by Gasteiger charge is -2.22. The summed E-state index contributed by atoms with van der Waals surface area (Å²) in [5.41, 5.74) is 8.88. The third-order valence-electron chi connectivity index (χ3n) is 7.28. The van der Waals surface area contributed by atoms with E-state index in [4.69, 9.17) is 14.2 Å². The third kappa shape index (κ3) is 3.64. The number of methoxy groups -OCH3 is 3. The summed E-state index contributed by atoms with van der Waals surface area (Å²) in [5, 5.41) is 0. The van der Waals surface area contributed by atoms with Gasteiger partial charge in [0.05, 0.1) is 21.3 Å². The number of allylic oxidation sites excluding steroid dienone is 4. The van der Waals surface area contributed by atoms with Crippen molar-refractivity contribution in [3.63, 3.8) is 0 Å². The summed E-state index contributed by atoms with van der Waals surface area (Å²) in [7, 11) is 4.99. The molecule has 37 heavy (non-hydrogen) atoms. The molecule has 0 bridgehead atoms. The SMILES string of the molecule is COc1ccc(C2=C(c3ccc(OC)cc3)[C@@H](c3ccc(OC)cc3)C3=C2c2ccccc2C3=O)cc1. The van der Waals surface area contributed by atoms with Crippen LogP contribution in [0.5, 0.6) is 17.2 Å². The van der Waals surface area contributed by atoms with Gasteiger partial charge in [-0.1, -0.05) is 60.7 Å². The Bertz CT molecular complexity index is 1560. The molecule has 0 aliphatic heterocycles. The van der Waals surface area contributed by atoms with Gasteiger partial charge in [-0.05, 0) is 75.4 Å². The number of benzene rings is 4. The molecule has 0 heterocycles. The minimum atomic E-state index is -0.230. The van der Waals surface area contributed by atoms with E-state index in [-0.39, 0.29) is 11.7 Å². The van der Waals surface area contributed by atoms with Gasteiger partial charge in [-0.25, -0.2) is 0 Å². The number of ether oxygens (including phenoxy) is 3. The van der Waals surface area contributed by atoms with Gasteiger partial charge in [-0.3, -0.25) is 4.79 Å². The number of hydrogen-bond acceptors (Lipinski definition) is 4. The summed E-state index contributed by atoms with van der Waals surface area (Å²) in [5.74, 6) is 2.21. The molecule has 0 amide bonds. The number of carbonyl (C=O) groups is 1. The second-order valence-corrected chi connectivity index (χ2v) is 9.12. The van der Waals surface area contributed by atoms with Crippen LogP contribution in [0.15, 0.2) is 103 Å². The van der Waals surface area contributed by atoms with Gasteiger partial charge >= 0.3 is 0 Å². The van der Waals surface area contributed by atoms with E-state index >= 15 is 0 Å². The molecule has 0 spiro atoms. The van der Waals surface area contributed by atoms with E-state index in [2.05, 4.69) is 42.5 Å². The zero-order valence-corrected chi connectivity index (χ0v) is 20.9. The summed E-state index contributed by atoms with van der Waals surface area (Å²) >= 11 is 0. The van der Waals surface area contributed by atoms with Crippen LogP contribution in [0.1, 0.15) is 38.5 Å². The van der Waals surface area contributed by atoms with E-state index in [0.717, 1.165) is 67.4 Å². The predicted octanol–water partition coefficient (Wildman–Crippen LogP) is 7.07. The minimum Gasteiger partial charge on any atom is -0.497 e. The zero-order chi connectivity index (χ0) is 25.5. The Balaban J connectivity index is 1.67. The van der Waals surface area contributed by atoms with Crippen LogP contribution >= 0.6 is 0 Å². The minimum absolute atomic E-state index is 0.0842. The molecular formula is C33H26O4. The van der Waals surface area contributed by atoms with Crippen molar-refractivity contribution in [3.8, 4) is 17.2 Å². The zero-order valence-electron chi connectivity index (χ0n) is 20.9. The van der Waals surface area contributed by atoms with Gasteiger partial charge in [-0.2, -0.15) is 0 Å². The second kappa shape index (κ2) is 9.14. The normalized spacial score (nSPS) is 16.1. The Morgan fingerprint density at radius 3 is 1.54 bits per heavy atom. The van der Waals surface area contributed by atoms with Crippen LogP contribution in [0.4, 0.5) is 0 Å². The van der Waals surface area contributed by atoms with Crippen LogP contribution in [0.2, 0.25) is 0 Å². The molecule has 4 aromatic carbocycles. The van der Waals surface area contributed by atoms with Crippen molar-refractivity contribution in [2.24, 2.45) is 0 Å². The first kappa shape index (κ1) is 22.9. The maximum absolute atomic E-state index is 14.0. The average molecular weight is 487 g/mol.